The Morgan fingerprint density at radius 2 is 2.38 bits per heavy atom. The highest BCUT2D eigenvalue weighted by Crippen LogP contribution is 2.38. The first-order valence-corrected chi connectivity index (χ1v) is 4.12. The zero-order valence-electron chi connectivity index (χ0n) is 7.06. The highest BCUT2D eigenvalue weighted by atomic mass is 16.6. The van der Waals surface area contributed by atoms with Gasteiger partial charge in [0.25, 0.3) is 0 Å². The van der Waals surface area contributed by atoms with Crippen LogP contribution in [0, 0.1) is 0 Å². The molecular weight excluding hydrogens is 170 g/mol. The van der Waals surface area contributed by atoms with Gasteiger partial charge in [0.2, 0.25) is 5.75 Å². The Morgan fingerprint density at radius 1 is 1.54 bits per heavy atom. The summed E-state index contributed by atoms with van der Waals surface area (Å²) in [7, 11) is 0. The summed E-state index contributed by atoms with van der Waals surface area (Å²) in [4.78, 5) is 0. The lowest BCUT2D eigenvalue weighted by Crippen LogP contribution is -2.35. The summed E-state index contributed by atoms with van der Waals surface area (Å²) in [5, 5.41) is 9.42. The van der Waals surface area contributed by atoms with Crippen LogP contribution in [0.3, 0.4) is 0 Å². The number of hydrogen-bond acceptors (Lipinski definition) is 4. The SMILES string of the molecule is NCC1COc2cccc(O)c2O1. The molecule has 4 heteroatoms. The quantitative estimate of drug-likeness (QED) is 0.661. The van der Waals surface area contributed by atoms with Crippen molar-refractivity contribution in [2.75, 3.05) is 13.2 Å². The third kappa shape index (κ3) is 1.40. The normalized spacial score (nSPS) is 19.9. The Morgan fingerprint density at radius 3 is 3.15 bits per heavy atom. The first-order chi connectivity index (χ1) is 6.31. The molecule has 0 fully saturated rings. The standard InChI is InChI=1S/C9H11NO3/c10-4-6-5-12-8-3-1-2-7(11)9(8)13-6/h1-3,6,11H,4-5,10H2. The average molecular weight is 181 g/mol. The van der Waals surface area contributed by atoms with Crippen molar-refractivity contribution >= 4 is 0 Å². The van der Waals surface area contributed by atoms with Gasteiger partial charge in [-0.3, -0.25) is 0 Å². The number of para-hydroxylation sites is 1. The van der Waals surface area contributed by atoms with Gasteiger partial charge in [-0.2, -0.15) is 0 Å². The van der Waals surface area contributed by atoms with E-state index in [1.807, 2.05) is 0 Å². The van der Waals surface area contributed by atoms with E-state index in [1.54, 1.807) is 18.2 Å². The first-order valence-electron chi connectivity index (χ1n) is 4.12. The van der Waals surface area contributed by atoms with Gasteiger partial charge >= 0.3 is 0 Å². The van der Waals surface area contributed by atoms with Gasteiger partial charge in [-0.25, -0.2) is 0 Å². The predicted molar refractivity (Wildman–Crippen MR) is 47.1 cm³/mol. The Hall–Kier alpha value is -1.42. The molecule has 4 nitrogen and oxygen atoms in total. The van der Waals surface area contributed by atoms with E-state index in [0.717, 1.165) is 0 Å². The van der Waals surface area contributed by atoms with Crippen molar-refractivity contribution in [1.29, 1.82) is 0 Å². The van der Waals surface area contributed by atoms with E-state index >= 15 is 0 Å². The number of benzene rings is 1. The second-order valence-corrected chi connectivity index (χ2v) is 2.89. The second-order valence-electron chi connectivity index (χ2n) is 2.89. The number of ether oxygens (including phenoxy) is 2. The van der Waals surface area contributed by atoms with Crippen LogP contribution in [0.1, 0.15) is 0 Å². The van der Waals surface area contributed by atoms with E-state index < -0.39 is 0 Å². The minimum atomic E-state index is -0.166. The van der Waals surface area contributed by atoms with Crippen molar-refractivity contribution in [2.45, 2.75) is 6.10 Å². The summed E-state index contributed by atoms with van der Waals surface area (Å²) < 4.78 is 10.8. The van der Waals surface area contributed by atoms with E-state index in [2.05, 4.69) is 0 Å². The monoisotopic (exact) mass is 181 g/mol. The summed E-state index contributed by atoms with van der Waals surface area (Å²) in [6.45, 7) is 0.820. The summed E-state index contributed by atoms with van der Waals surface area (Å²) in [6, 6.07) is 5.02. The molecule has 0 aromatic heterocycles. The van der Waals surface area contributed by atoms with Crippen molar-refractivity contribution in [3.05, 3.63) is 18.2 Å². The number of nitrogens with two attached hydrogens (primary N) is 1. The molecule has 13 heavy (non-hydrogen) atoms. The molecule has 0 bridgehead atoms. The minimum Gasteiger partial charge on any atom is -0.504 e. The molecule has 1 aromatic rings. The zero-order valence-corrected chi connectivity index (χ0v) is 7.06. The Bertz CT molecular complexity index is 314. The number of rotatable bonds is 1. The van der Waals surface area contributed by atoms with Crippen molar-refractivity contribution < 1.29 is 14.6 Å². The molecule has 0 aliphatic carbocycles. The van der Waals surface area contributed by atoms with Crippen molar-refractivity contribution in [2.24, 2.45) is 5.73 Å². The summed E-state index contributed by atoms with van der Waals surface area (Å²) in [5.74, 6) is 1.06. The molecule has 0 saturated heterocycles. The van der Waals surface area contributed by atoms with E-state index in [-0.39, 0.29) is 11.9 Å². The second kappa shape index (κ2) is 3.14. The van der Waals surface area contributed by atoms with Crippen LogP contribution in [0.5, 0.6) is 17.2 Å². The van der Waals surface area contributed by atoms with Gasteiger partial charge in [0.05, 0.1) is 0 Å². The third-order valence-electron chi connectivity index (χ3n) is 1.93. The molecule has 1 heterocycles. The fourth-order valence-electron chi connectivity index (χ4n) is 1.24. The largest absolute Gasteiger partial charge is 0.504 e. The molecule has 1 aliphatic heterocycles. The number of hydrogen-bond donors (Lipinski definition) is 2. The van der Waals surface area contributed by atoms with Crippen LogP contribution in [0.4, 0.5) is 0 Å². The number of fused-ring (bicyclic) bond motifs is 1. The van der Waals surface area contributed by atoms with Gasteiger partial charge in [-0.05, 0) is 12.1 Å². The van der Waals surface area contributed by atoms with Crippen LogP contribution in [0.2, 0.25) is 0 Å². The lowest BCUT2D eigenvalue weighted by atomic mass is 10.2. The minimum absolute atomic E-state index is 0.0932. The van der Waals surface area contributed by atoms with Gasteiger partial charge < -0.3 is 20.3 Å². The van der Waals surface area contributed by atoms with Crippen molar-refractivity contribution in [3.63, 3.8) is 0 Å². The molecule has 70 valence electrons. The molecule has 0 saturated carbocycles. The predicted octanol–water partition coefficient (Wildman–Crippen LogP) is 0.491. The Balaban J connectivity index is 2.32. The van der Waals surface area contributed by atoms with Crippen LogP contribution >= 0.6 is 0 Å². The maximum Gasteiger partial charge on any atom is 0.203 e. The fourth-order valence-corrected chi connectivity index (χ4v) is 1.24. The van der Waals surface area contributed by atoms with Gasteiger partial charge in [0.15, 0.2) is 11.5 Å². The summed E-state index contributed by atoms with van der Waals surface area (Å²) in [5.41, 5.74) is 5.42. The molecule has 1 atom stereocenters. The van der Waals surface area contributed by atoms with Crippen LogP contribution in [-0.2, 0) is 0 Å². The van der Waals surface area contributed by atoms with E-state index in [0.29, 0.717) is 24.7 Å². The van der Waals surface area contributed by atoms with Gasteiger partial charge in [-0.15, -0.1) is 0 Å². The highest BCUT2D eigenvalue weighted by Gasteiger charge is 2.21. The molecule has 0 amide bonds. The molecule has 1 aliphatic rings. The smallest absolute Gasteiger partial charge is 0.203 e. The van der Waals surface area contributed by atoms with E-state index in [1.165, 1.54) is 0 Å². The van der Waals surface area contributed by atoms with E-state index in [4.69, 9.17) is 15.2 Å². The molecule has 2 rings (SSSR count). The molecule has 0 radical (unpaired) electrons. The maximum atomic E-state index is 9.42. The summed E-state index contributed by atoms with van der Waals surface area (Å²) in [6.07, 6.45) is -0.166. The molecule has 1 aromatic carbocycles. The number of aromatic hydroxyl groups is 1. The van der Waals surface area contributed by atoms with Crippen LogP contribution < -0.4 is 15.2 Å². The zero-order chi connectivity index (χ0) is 9.26. The topological polar surface area (TPSA) is 64.7 Å². The van der Waals surface area contributed by atoms with E-state index in [9.17, 15) is 5.11 Å². The average Bonchev–Trinajstić information content (AvgIpc) is 2.18. The molecular formula is C9H11NO3. The highest BCUT2D eigenvalue weighted by molar-refractivity contribution is 5.51. The number of phenols is 1. The van der Waals surface area contributed by atoms with Crippen molar-refractivity contribution in [3.8, 4) is 17.2 Å². The third-order valence-corrected chi connectivity index (χ3v) is 1.93. The van der Waals surface area contributed by atoms with Crippen LogP contribution in [0.15, 0.2) is 18.2 Å². The number of phenolic OH excluding ortho intramolecular Hbond substituents is 1. The molecule has 1 unspecified atom stereocenters. The molecule has 3 N–H and O–H groups in total. The fraction of sp³-hybridized carbons (Fsp3) is 0.333. The van der Waals surface area contributed by atoms with Crippen LogP contribution in [-0.4, -0.2) is 24.4 Å². The lowest BCUT2D eigenvalue weighted by molar-refractivity contribution is 0.0929. The summed E-state index contributed by atoms with van der Waals surface area (Å²) >= 11 is 0. The van der Waals surface area contributed by atoms with Gasteiger partial charge in [0, 0.05) is 6.54 Å². The van der Waals surface area contributed by atoms with Crippen LogP contribution in [0.25, 0.3) is 0 Å². The molecule has 0 spiro atoms. The van der Waals surface area contributed by atoms with Gasteiger partial charge in [0.1, 0.15) is 12.7 Å². The maximum absolute atomic E-state index is 9.42. The lowest BCUT2D eigenvalue weighted by Gasteiger charge is -2.25. The first kappa shape index (κ1) is 8.19. The van der Waals surface area contributed by atoms with Gasteiger partial charge in [-0.1, -0.05) is 6.07 Å². The van der Waals surface area contributed by atoms with Crippen molar-refractivity contribution in [1.82, 2.24) is 0 Å². The Kier molecular flexibility index (Phi) is 1.98. The Labute approximate surface area is 75.9 Å².